The van der Waals surface area contributed by atoms with Crippen molar-refractivity contribution in [2.75, 3.05) is 12.3 Å². The second kappa shape index (κ2) is 5.16. The number of halogens is 2. The fourth-order valence-corrected chi connectivity index (χ4v) is 2.28. The molecule has 118 valence electrons. The highest BCUT2D eigenvalue weighted by atomic mass is 19.3. The summed E-state index contributed by atoms with van der Waals surface area (Å²) in [5, 5.41) is 6.34. The second-order valence-corrected chi connectivity index (χ2v) is 6.25. The van der Waals surface area contributed by atoms with Gasteiger partial charge in [0.25, 0.3) is 5.92 Å². The fraction of sp³-hybridized carbons (Fsp3) is 0.692. The minimum Gasteiger partial charge on any atom is -0.444 e. The maximum Gasteiger partial charge on any atom is 0.410 e. The third-order valence-corrected chi connectivity index (χ3v) is 3.19. The number of nitrogens with one attached hydrogen (secondary N) is 1. The van der Waals surface area contributed by atoms with Gasteiger partial charge in [0, 0.05) is 25.5 Å². The van der Waals surface area contributed by atoms with Crippen molar-refractivity contribution in [2.24, 2.45) is 0 Å². The van der Waals surface area contributed by atoms with Gasteiger partial charge in [0.05, 0.1) is 11.7 Å². The van der Waals surface area contributed by atoms with Gasteiger partial charge in [-0.25, -0.2) is 13.6 Å². The fourth-order valence-electron chi connectivity index (χ4n) is 2.28. The number of amides is 1. The van der Waals surface area contributed by atoms with E-state index in [1.54, 1.807) is 20.8 Å². The largest absolute Gasteiger partial charge is 0.444 e. The van der Waals surface area contributed by atoms with Gasteiger partial charge in [-0.15, -0.1) is 0 Å². The molecule has 0 saturated carbocycles. The Hall–Kier alpha value is -1.86. The number of alkyl halides is 2. The molecule has 6 nitrogen and oxygen atoms in total. The van der Waals surface area contributed by atoms with Crippen molar-refractivity contribution in [1.82, 2.24) is 15.1 Å². The van der Waals surface area contributed by atoms with Crippen LogP contribution in [0.1, 0.15) is 45.3 Å². The van der Waals surface area contributed by atoms with Gasteiger partial charge in [-0.1, -0.05) is 0 Å². The third-order valence-electron chi connectivity index (χ3n) is 3.19. The number of hydrogen-bond donors (Lipinski definition) is 2. The third kappa shape index (κ3) is 3.83. The van der Waals surface area contributed by atoms with E-state index in [2.05, 4.69) is 10.2 Å². The van der Waals surface area contributed by atoms with Crippen LogP contribution in [0.4, 0.5) is 19.4 Å². The molecule has 1 aromatic rings. The number of rotatable bonds is 1. The molecule has 1 unspecified atom stereocenters. The van der Waals surface area contributed by atoms with Gasteiger partial charge in [0.1, 0.15) is 11.4 Å². The average molecular weight is 302 g/mol. The summed E-state index contributed by atoms with van der Waals surface area (Å²) < 4.78 is 32.6. The predicted octanol–water partition coefficient (Wildman–Crippen LogP) is 2.70. The maximum absolute atomic E-state index is 13.7. The average Bonchev–Trinajstić information content (AvgIpc) is 2.72. The summed E-state index contributed by atoms with van der Waals surface area (Å²) >= 11 is 0. The number of nitrogens with zero attached hydrogens (tertiary/aromatic N) is 2. The smallest absolute Gasteiger partial charge is 0.410 e. The summed E-state index contributed by atoms with van der Waals surface area (Å²) in [6, 6.07) is 0.636. The molecule has 1 aliphatic heterocycles. The van der Waals surface area contributed by atoms with Crippen LogP contribution in [0.25, 0.3) is 0 Å². The van der Waals surface area contributed by atoms with E-state index >= 15 is 0 Å². The standard InChI is InChI=1S/C13H20F2N4O2/c1-12(2,3)21-11(20)19-5-4-13(14,15)7-9(19)8-6-10(16)18-17-8/h6,9H,4-5,7H2,1-3H3,(H3,16,17,18). The molecule has 0 aliphatic carbocycles. The molecule has 0 aromatic carbocycles. The van der Waals surface area contributed by atoms with Gasteiger partial charge in [0.15, 0.2) is 0 Å². The lowest BCUT2D eigenvalue weighted by atomic mass is 9.96. The highest BCUT2D eigenvalue weighted by molar-refractivity contribution is 5.69. The van der Waals surface area contributed by atoms with Crippen molar-refractivity contribution in [3.8, 4) is 0 Å². The SMILES string of the molecule is CC(C)(C)OC(=O)N1CCC(F)(F)CC1c1cc(N)n[nH]1. The molecule has 1 aromatic heterocycles. The van der Waals surface area contributed by atoms with E-state index in [9.17, 15) is 13.6 Å². The van der Waals surface area contributed by atoms with E-state index < -0.39 is 30.1 Å². The first-order valence-corrected chi connectivity index (χ1v) is 6.76. The molecule has 21 heavy (non-hydrogen) atoms. The first-order chi connectivity index (χ1) is 9.57. The number of anilines is 1. The summed E-state index contributed by atoms with van der Waals surface area (Å²) in [4.78, 5) is 13.5. The molecule has 1 atom stereocenters. The number of nitrogens with two attached hydrogens (primary N) is 1. The number of piperidine rings is 1. The number of nitrogen functional groups attached to an aromatic ring is 1. The lowest BCUT2D eigenvalue weighted by Gasteiger charge is -2.39. The summed E-state index contributed by atoms with van der Waals surface area (Å²) in [6.07, 6.45) is -1.48. The van der Waals surface area contributed by atoms with Gasteiger partial charge in [-0.3, -0.25) is 10.00 Å². The van der Waals surface area contributed by atoms with Crippen molar-refractivity contribution < 1.29 is 18.3 Å². The Morgan fingerprint density at radius 2 is 2.24 bits per heavy atom. The summed E-state index contributed by atoms with van der Waals surface area (Å²) in [5.41, 5.74) is 5.21. The van der Waals surface area contributed by atoms with Crippen molar-refractivity contribution in [2.45, 2.75) is 51.2 Å². The predicted molar refractivity (Wildman–Crippen MR) is 72.9 cm³/mol. The zero-order valence-electron chi connectivity index (χ0n) is 12.3. The number of aromatic amines is 1. The molecular weight excluding hydrogens is 282 g/mol. The topological polar surface area (TPSA) is 84.2 Å². The molecule has 2 rings (SSSR count). The molecule has 2 heterocycles. The van der Waals surface area contributed by atoms with Crippen LogP contribution in [-0.4, -0.2) is 39.3 Å². The van der Waals surface area contributed by atoms with Gasteiger partial charge >= 0.3 is 6.09 Å². The zero-order chi connectivity index (χ0) is 15.8. The van der Waals surface area contributed by atoms with E-state index in [4.69, 9.17) is 10.5 Å². The van der Waals surface area contributed by atoms with E-state index in [0.717, 1.165) is 0 Å². The molecule has 0 bridgehead atoms. The minimum atomic E-state index is -2.83. The highest BCUT2D eigenvalue weighted by Gasteiger charge is 2.44. The lowest BCUT2D eigenvalue weighted by Crippen LogP contribution is -2.47. The van der Waals surface area contributed by atoms with E-state index in [-0.39, 0.29) is 18.8 Å². The molecule has 8 heteroatoms. The van der Waals surface area contributed by atoms with Crippen LogP contribution < -0.4 is 5.73 Å². The Balaban J connectivity index is 2.23. The van der Waals surface area contributed by atoms with Crippen LogP contribution in [0.2, 0.25) is 0 Å². The quantitative estimate of drug-likeness (QED) is 0.835. The summed E-state index contributed by atoms with van der Waals surface area (Å²) in [5.74, 6) is -2.63. The van der Waals surface area contributed by atoms with Gasteiger partial charge in [0.2, 0.25) is 0 Å². The monoisotopic (exact) mass is 302 g/mol. The Bertz CT molecular complexity index is 524. The van der Waals surface area contributed by atoms with Crippen LogP contribution in [0, 0.1) is 0 Å². The van der Waals surface area contributed by atoms with Crippen LogP contribution >= 0.6 is 0 Å². The number of hydrogen-bond acceptors (Lipinski definition) is 4. The maximum atomic E-state index is 13.7. The highest BCUT2D eigenvalue weighted by Crippen LogP contribution is 2.40. The molecular formula is C13H20F2N4O2. The normalized spacial score (nSPS) is 22.1. The first kappa shape index (κ1) is 15.5. The summed E-state index contributed by atoms with van der Waals surface area (Å²) in [7, 11) is 0. The van der Waals surface area contributed by atoms with E-state index in [0.29, 0.717) is 5.69 Å². The first-order valence-electron chi connectivity index (χ1n) is 6.76. The molecule has 1 amide bonds. The minimum absolute atomic E-state index is 0.0779. The van der Waals surface area contributed by atoms with Crippen molar-refractivity contribution in [3.05, 3.63) is 11.8 Å². The van der Waals surface area contributed by atoms with E-state index in [1.807, 2.05) is 0 Å². The van der Waals surface area contributed by atoms with E-state index in [1.165, 1.54) is 11.0 Å². The molecule has 1 aliphatic rings. The van der Waals surface area contributed by atoms with Gasteiger partial charge in [-0.05, 0) is 20.8 Å². The number of carbonyl (C=O) groups excluding carboxylic acids is 1. The van der Waals surface area contributed by atoms with Crippen LogP contribution in [0.5, 0.6) is 0 Å². The van der Waals surface area contributed by atoms with Crippen LogP contribution in [-0.2, 0) is 4.74 Å². The second-order valence-electron chi connectivity index (χ2n) is 6.25. The zero-order valence-corrected chi connectivity index (χ0v) is 12.3. The number of aromatic nitrogens is 2. The van der Waals surface area contributed by atoms with Crippen molar-refractivity contribution in [3.63, 3.8) is 0 Å². The molecule has 0 spiro atoms. The Labute approximate surface area is 121 Å². The Morgan fingerprint density at radius 1 is 1.57 bits per heavy atom. The molecule has 1 fully saturated rings. The van der Waals surface area contributed by atoms with Crippen molar-refractivity contribution in [1.29, 1.82) is 0 Å². The van der Waals surface area contributed by atoms with Crippen LogP contribution in [0.3, 0.4) is 0 Å². The Morgan fingerprint density at radius 3 is 2.76 bits per heavy atom. The summed E-state index contributed by atoms with van der Waals surface area (Å²) in [6.45, 7) is 5.11. The van der Waals surface area contributed by atoms with Crippen molar-refractivity contribution >= 4 is 11.9 Å². The molecule has 0 radical (unpaired) electrons. The number of likely N-dealkylation sites (tertiary alicyclic amines) is 1. The number of H-pyrrole nitrogens is 1. The number of carbonyl (C=O) groups is 1. The Kier molecular flexibility index (Phi) is 3.81. The lowest BCUT2D eigenvalue weighted by molar-refractivity contribution is -0.0816. The van der Waals surface area contributed by atoms with Crippen LogP contribution in [0.15, 0.2) is 6.07 Å². The number of ether oxygens (including phenoxy) is 1. The van der Waals surface area contributed by atoms with Gasteiger partial charge in [-0.2, -0.15) is 5.10 Å². The van der Waals surface area contributed by atoms with Gasteiger partial charge < -0.3 is 10.5 Å². The molecule has 3 N–H and O–H groups in total. The molecule has 1 saturated heterocycles.